The van der Waals surface area contributed by atoms with Crippen LogP contribution in [0.15, 0.2) is 43.0 Å². The summed E-state index contributed by atoms with van der Waals surface area (Å²) >= 11 is 0. The highest BCUT2D eigenvalue weighted by molar-refractivity contribution is 5.48. The van der Waals surface area contributed by atoms with E-state index in [1.165, 1.54) is 11.1 Å². The molecule has 0 aliphatic carbocycles. The van der Waals surface area contributed by atoms with Gasteiger partial charge in [0, 0.05) is 57.9 Å². The fraction of sp³-hybridized carbons (Fsp3) is 0.333. The van der Waals surface area contributed by atoms with Crippen molar-refractivity contribution in [2.75, 3.05) is 19.0 Å². The molecule has 6 nitrogen and oxygen atoms in total. The predicted molar refractivity (Wildman–Crippen MR) is 96.4 cm³/mol. The van der Waals surface area contributed by atoms with Crippen molar-refractivity contribution in [2.45, 2.75) is 20.0 Å². The van der Waals surface area contributed by atoms with Gasteiger partial charge in [-0.2, -0.15) is 5.10 Å². The number of imidazole rings is 1. The van der Waals surface area contributed by atoms with Gasteiger partial charge in [0.15, 0.2) is 0 Å². The number of nitrogens with zero attached hydrogens (tertiary/aromatic N) is 5. The van der Waals surface area contributed by atoms with Crippen LogP contribution in [0.2, 0.25) is 0 Å². The van der Waals surface area contributed by atoms with Crippen molar-refractivity contribution in [3.8, 4) is 5.69 Å². The Morgan fingerprint density at radius 2 is 1.88 bits per heavy atom. The van der Waals surface area contributed by atoms with E-state index in [1.807, 2.05) is 22.5 Å². The van der Waals surface area contributed by atoms with Gasteiger partial charge in [0.05, 0.1) is 12.0 Å². The van der Waals surface area contributed by atoms with Crippen LogP contribution in [0.25, 0.3) is 5.69 Å². The van der Waals surface area contributed by atoms with Crippen molar-refractivity contribution in [2.24, 2.45) is 7.05 Å². The van der Waals surface area contributed by atoms with Gasteiger partial charge in [-0.15, -0.1) is 0 Å². The first-order chi connectivity index (χ1) is 11.6. The summed E-state index contributed by atoms with van der Waals surface area (Å²) in [5, 5.41) is 8.05. The molecule has 0 saturated heterocycles. The maximum absolute atomic E-state index is 4.52. The minimum Gasteiger partial charge on any atom is -0.363 e. The van der Waals surface area contributed by atoms with E-state index in [9.17, 15) is 0 Å². The molecule has 0 saturated carbocycles. The molecule has 0 unspecified atom stereocenters. The quantitative estimate of drug-likeness (QED) is 0.756. The lowest BCUT2D eigenvalue weighted by Gasteiger charge is -2.15. The first-order valence-electron chi connectivity index (χ1n) is 8.04. The molecule has 24 heavy (non-hydrogen) atoms. The lowest BCUT2D eigenvalue weighted by Crippen LogP contribution is -2.18. The minimum atomic E-state index is 0.802. The second-order valence-corrected chi connectivity index (χ2v) is 6.15. The van der Waals surface area contributed by atoms with Crippen molar-refractivity contribution < 1.29 is 0 Å². The summed E-state index contributed by atoms with van der Waals surface area (Å²) in [7, 11) is 6.09. The lowest BCUT2D eigenvalue weighted by atomic mass is 10.2. The van der Waals surface area contributed by atoms with Crippen LogP contribution < -0.4 is 10.2 Å². The number of rotatable bonds is 6. The molecule has 0 aliphatic heterocycles. The van der Waals surface area contributed by atoms with E-state index in [2.05, 4.69) is 65.6 Å². The fourth-order valence-corrected chi connectivity index (χ4v) is 2.99. The number of anilines is 1. The van der Waals surface area contributed by atoms with E-state index in [0.717, 1.165) is 30.3 Å². The first-order valence-corrected chi connectivity index (χ1v) is 8.04. The van der Waals surface area contributed by atoms with Crippen LogP contribution >= 0.6 is 0 Å². The molecular formula is C18H24N6. The third kappa shape index (κ3) is 3.33. The molecule has 3 aromatic rings. The zero-order valence-corrected chi connectivity index (χ0v) is 14.7. The number of aromatic nitrogens is 4. The molecule has 0 radical (unpaired) electrons. The Bertz CT molecular complexity index is 784. The molecule has 0 aliphatic rings. The summed E-state index contributed by atoms with van der Waals surface area (Å²) in [6.45, 7) is 3.69. The van der Waals surface area contributed by atoms with Gasteiger partial charge in [0.25, 0.3) is 0 Å². The number of aryl methyl sites for hydroxylation is 2. The maximum atomic E-state index is 4.52. The monoisotopic (exact) mass is 324 g/mol. The Hall–Kier alpha value is -2.60. The molecule has 1 aromatic carbocycles. The summed E-state index contributed by atoms with van der Waals surface area (Å²) in [4.78, 5) is 6.18. The standard InChI is InChI=1S/C18H24N6/c1-14-17(18(22(2)3)23(4)21-14)12-20-11-15-5-7-16(8-6-15)24-10-9-19-13-24/h5-10,13,20H,11-12H2,1-4H3. The highest BCUT2D eigenvalue weighted by atomic mass is 15.4. The Kier molecular flexibility index (Phi) is 4.66. The van der Waals surface area contributed by atoms with Crippen molar-refractivity contribution in [1.82, 2.24) is 24.6 Å². The van der Waals surface area contributed by atoms with Gasteiger partial charge in [0.2, 0.25) is 0 Å². The summed E-state index contributed by atoms with van der Waals surface area (Å²) < 4.78 is 3.94. The van der Waals surface area contributed by atoms with Crippen LogP contribution in [0.4, 0.5) is 5.82 Å². The van der Waals surface area contributed by atoms with Crippen molar-refractivity contribution in [1.29, 1.82) is 0 Å². The first kappa shape index (κ1) is 16.3. The summed E-state index contributed by atoms with van der Waals surface area (Å²) in [6, 6.07) is 8.51. The second kappa shape index (κ2) is 6.88. The molecule has 0 bridgehead atoms. The van der Waals surface area contributed by atoms with Crippen LogP contribution in [-0.2, 0) is 20.1 Å². The SMILES string of the molecule is Cc1nn(C)c(N(C)C)c1CNCc1ccc(-n2ccnc2)cc1. The molecule has 1 N–H and O–H groups in total. The Balaban J connectivity index is 1.63. The van der Waals surface area contributed by atoms with Gasteiger partial charge < -0.3 is 14.8 Å². The number of nitrogens with one attached hydrogen (secondary N) is 1. The van der Waals surface area contributed by atoms with Gasteiger partial charge in [-0.1, -0.05) is 12.1 Å². The van der Waals surface area contributed by atoms with Gasteiger partial charge in [0.1, 0.15) is 5.82 Å². The van der Waals surface area contributed by atoms with Crippen molar-refractivity contribution >= 4 is 5.82 Å². The van der Waals surface area contributed by atoms with Gasteiger partial charge >= 0.3 is 0 Å². The Morgan fingerprint density at radius 3 is 2.50 bits per heavy atom. The molecule has 6 heteroatoms. The lowest BCUT2D eigenvalue weighted by molar-refractivity contribution is 0.688. The fourth-order valence-electron chi connectivity index (χ4n) is 2.99. The molecule has 0 spiro atoms. The van der Waals surface area contributed by atoms with Gasteiger partial charge in [-0.25, -0.2) is 4.98 Å². The van der Waals surface area contributed by atoms with E-state index in [4.69, 9.17) is 0 Å². The summed E-state index contributed by atoms with van der Waals surface area (Å²) in [5.41, 5.74) is 4.70. The highest BCUT2D eigenvalue weighted by Crippen LogP contribution is 2.21. The topological polar surface area (TPSA) is 50.9 Å². The average molecular weight is 324 g/mol. The van der Waals surface area contributed by atoms with Crippen molar-refractivity contribution in [3.63, 3.8) is 0 Å². The Morgan fingerprint density at radius 1 is 1.12 bits per heavy atom. The van der Waals surface area contributed by atoms with E-state index < -0.39 is 0 Å². The maximum Gasteiger partial charge on any atom is 0.130 e. The molecule has 0 amide bonds. The normalized spacial score (nSPS) is 11.0. The number of benzene rings is 1. The second-order valence-electron chi connectivity index (χ2n) is 6.15. The molecule has 0 fully saturated rings. The van der Waals surface area contributed by atoms with Crippen LogP contribution in [0.3, 0.4) is 0 Å². The largest absolute Gasteiger partial charge is 0.363 e. The highest BCUT2D eigenvalue weighted by Gasteiger charge is 2.14. The molecular weight excluding hydrogens is 300 g/mol. The zero-order chi connectivity index (χ0) is 17.1. The average Bonchev–Trinajstić information content (AvgIpc) is 3.16. The Labute approximate surface area is 142 Å². The smallest absolute Gasteiger partial charge is 0.130 e. The number of hydrogen-bond donors (Lipinski definition) is 1. The van der Waals surface area contributed by atoms with E-state index >= 15 is 0 Å². The van der Waals surface area contributed by atoms with Gasteiger partial charge in [-0.3, -0.25) is 4.68 Å². The van der Waals surface area contributed by atoms with Crippen LogP contribution in [-0.4, -0.2) is 33.4 Å². The molecule has 3 rings (SSSR count). The van der Waals surface area contributed by atoms with Gasteiger partial charge in [-0.05, 0) is 24.6 Å². The predicted octanol–water partition coefficient (Wildman–Crippen LogP) is 2.27. The zero-order valence-electron chi connectivity index (χ0n) is 14.7. The number of hydrogen-bond acceptors (Lipinski definition) is 4. The molecule has 0 atom stereocenters. The third-order valence-corrected chi connectivity index (χ3v) is 4.11. The molecule has 126 valence electrons. The van der Waals surface area contributed by atoms with Crippen LogP contribution in [0.5, 0.6) is 0 Å². The van der Waals surface area contributed by atoms with Crippen LogP contribution in [0.1, 0.15) is 16.8 Å². The molecule has 2 heterocycles. The minimum absolute atomic E-state index is 0.802. The van der Waals surface area contributed by atoms with E-state index in [-0.39, 0.29) is 0 Å². The van der Waals surface area contributed by atoms with Crippen LogP contribution in [0, 0.1) is 6.92 Å². The summed E-state index contributed by atoms with van der Waals surface area (Å²) in [6.07, 6.45) is 5.54. The third-order valence-electron chi connectivity index (χ3n) is 4.11. The van der Waals surface area contributed by atoms with Crippen molar-refractivity contribution in [3.05, 3.63) is 59.8 Å². The van der Waals surface area contributed by atoms with E-state index in [1.54, 1.807) is 12.5 Å². The summed E-state index contributed by atoms with van der Waals surface area (Å²) in [5.74, 6) is 1.15. The molecule has 2 aromatic heterocycles. The van der Waals surface area contributed by atoms with E-state index in [0.29, 0.717) is 0 Å².